The number of carbonyl (C=O) groups excluding carboxylic acids is 1. The van der Waals surface area contributed by atoms with E-state index in [1.807, 2.05) is 25.2 Å². The van der Waals surface area contributed by atoms with Crippen molar-refractivity contribution in [1.82, 2.24) is 15.3 Å². The monoisotopic (exact) mass is 393 g/mol. The molecule has 2 N–H and O–H groups in total. The number of methoxy groups -OCH3 is 1. The van der Waals surface area contributed by atoms with E-state index in [1.165, 1.54) is 0 Å². The molecule has 1 heterocycles. The number of nitrogens with zero attached hydrogens (tertiary/aromatic N) is 3. The van der Waals surface area contributed by atoms with Crippen LogP contribution in [0, 0.1) is 5.92 Å². The largest absolute Gasteiger partial charge is 0.491 e. The van der Waals surface area contributed by atoms with Gasteiger partial charge in [0.05, 0.1) is 18.9 Å². The highest BCUT2D eigenvalue weighted by Gasteiger charge is 2.25. The van der Waals surface area contributed by atoms with Crippen LogP contribution in [0.25, 0.3) is 5.57 Å². The molecule has 152 valence electrons. The van der Waals surface area contributed by atoms with Crippen molar-refractivity contribution in [2.75, 3.05) is 19.5 Å². The van der Waals surface area contributed by atoms with Crippen molar-refractivity contribution in [2.24, 2.45) is 10.9 Å². The standard InChI is InChI=1S/C22H27N5O2/c1-14-7-5-6-8-16(11-14)20-24-13-19(29-4)21(27-20)25-15(2)18(12-23-3)22(28)26-17-9-10-17/h5-8,11-14,17H,9-10H2,1-4H3,(H,26,28)(H,24,25,27)/b18-15-,23-12?. The number of carbonyl (C=O) groups is 1. The number of hydrogen-bond acceptors (Lipinski definition) is 6. The Balaban J connectivity index is 1.92. The molecule has 1 atom stereocenters. The summed E-state index contributed by atoms with van der Waals surface area (Å²) in [5.74, 6) is 1.71. The van der Waals surface area contributed by atoms with E-state index in [0.717, 1.165) is 18.4 Å². The number of aliphatic imine (C=N–C) groups is 1. The van der Waals surface area contributed by atoms with E-state index in [9.17, 15) is 4.79 Å². The first-order chi connectivity index (χ1) is 14.0. The van der Waals surface area contributed by atoms with Gasteiger partial charge in [0.2, 0.25) is 0 Å². The van der Waals surface area contributed by atoms with Gasteiger partial charge in [0.25, 0.3) is 5.91 Å². The maximum Gasteiger partial charge on any atom is 0.254 e. The molecule has 1 amide bonds. The maximum atomic E-state index is 12.6. The summed E-state index contributed by atoms with van der Waals surface area (Å²) in [4.78, 5) is 25.7. The summed E-state index contributed by atoms with van der Waals surface area (Å²) in [5.41, 5.74) is 2.03. The number of rotatable bonds is 7. The second-order valence-electron chi connectivity index (χ2n) is 7.13. The summed E-state index contributed by atoms with van der Waals surface area (Å²) in [6.07, 6.45) is 15.4. The third-order valence-corrected chi connectivity index (χ3v) is 4.60. The van der Waals surface area contributed by atoms with Crippen LogP contribution in [0.5, 0.6) is 5.75 Å². The molecule has 2 aliphatic carbocycles. The fourth-order valence-corrected chi connectivity index (χ4v) is 2.88. The van der Waals surface area contributed by atoms with Crippen LogP contribution in [-0.2, 0) is 4.79 Å². The topological polar surface area (TPSA) is 88.5 Å². The van der Waals surface area contributed by atoms with Crippen LogP contribution in [-0.4, -0.2) is 42.3 Å². The number of hydrogen-bond donors (Lipinski definition) is 2. The predicted octanol–water partition coefficient (Wildman–Crippen LogP) is 3.30. The van der Waals surface area contributed by atoms with Crippen LogP contribution in [0.3, 0.4) is 0 Å². The van der Waals surface area contributed by atoms with E-state index in [2.05, 4.69) is 44.7 Å². The van der Waals surface area contributed by atoms with Crippen molar-refractivity contribution in [3.63, 3.8) is 0 Å². The summed E-state index contributed by atoms with van der Waals surface area (Å²) >= 11 is 0. The normalized spacial score (nSPS) is 19.4. The van der Waals surface area contributed by atoms with Crippen LogP contribution >= 0.6 is 0 Å². The summed E-state index contributed by atoms with van der Waals surface area (Å²) in [5, 5.41) is 6.20. The van der Waals surface area contributed by atoms with Gasteiger partial charge in [0.15, 0.2) is 17.4 Å². The Morgan fingerprint density at radius 1 is 1.34 bits per heavy atom. The molecule has 29 heavy (non-hydrogen) atoms. The number of anilines is 1. The highest BCUT2D eigenvalue weighted by molar-refractivity contribution is 6.13. The Bertz CT molecular complexity index is 923. The maximum absolute atomic E-state index is 12.6. The third kappa shape index (κ3) is 5.40. The fourth-order valence-electron chi connectivity index (χ4n) is 2.88. The Morgan fingerprint density at radius 2 is 2.14 bits per heavy atom. The SMILES string of the molecule is CN=C/C(C(=O)NC1CC1)=C(\C)Nc1nc(C2=CC(C)C=CC=C2)ncc1OC. The van der Waals surface area contributed by atoms with Crippen molar-refractivity contribution in [3.05, 3.63) is 53.7 Å². The van der Waals surface area contributed by atoms with Crippen molar-refractivity contribution in [3.8, 4) is 5.75 Å². The van der Waals surface area contributed by atoms with Gasteiger partial charge < -0.3 is 15.4 Å². The van der Waals surface area contributed by atoms with Crippen LogP contribution in [0.1, 0.15) is 32.5 Å². The Kier molecular flexibility index (Phi) is 6.59. The molecule has 0 aliphatic heterocycles. The van der Waals surface area contributed by atoms with Gasteiger partial charge in [-0.3, -0.25) is 9.79 Å². The molecule has 1 saturated carbocycles. The number of allylic oxidation sites excluding steroid dienone is 7. The lowest BCUT2D eigenvalue weighted by Crippen LogP contribution is -2.29. The Hall–Kier alpha value is -3.22. The molecular formula is C22H27N5O2. The van der Waals surface area contributed by atoms with Gasteiger partial charge in [-0.05, 0) is 25.7 Å². The minimum Gasteiger partial charge on any atom is -0.491 e. The lowest BCUT2D eigenvalue weighted by molar-refractivity contribution is -0.117. The van der Waals surface area contributed by atoms with Crippen LogP contribution in [0.4, 0.5) is 5.82 Å². The highest BCUT2D eigenvalue weighted by Crippen LogP contribution is 2.27. The molecule has 0 radical (unpaired) electrons. The average Bonchev–Trinajstić information content (AvgIpc) is 3.53. The molecule has 7 heteroatoms. The lowest BCUT2D eigenvalue weighted by Gasteiger charge is -2.14. The number of ether oxygens (including phenoxy) is 1. The number of nitrogens with one attached hydrogen (secondary N) is 2. The molecule has 2 aliphatic rings. The van der Waals surface area contributed by atoms with Gasteiger partial charge in [0.1, 0.15) is 0 Å². The molecule has 3 rings (SSSR count). The first kappa shape index (κ1) is 20.5. The first-order valence-corrected chi connectivity index (χ1v) is 9.70. The second kappa shape index (κ2) is 9.32. The quantitative estimate of drug-likeness (QED) is 0.548. The molecule has 1 aromatic rings. The molecule has 1 aromatic heterocycles. The summed E-state index contributed by atoms with van der Waals surface area (Å²) in [6.45, 7) is 3.93. The highest BCUT2D eigenvalue weighted by atomic mass is 16.5. The summed E-state index contributed by atoms with van der Waals surface area (Å²) in [6, 6.07) is 0.264. The molecule has 1 unspecified atom stereocenters. The van der Waals surface area contributed by atoms with E-state index in [1.54, 1.807) is 26.6 Å². The van der Waals surface area contributed by atoms with Crippen molar-refractivity contribution in [2.45, 2.75) is 32.7 Å². The number of amides is 1. The van der Waals surface area contributed by atoms with Gasteiger partial charge in [-0.15, -0.1) is 0 Å². The van der Waals surface area contributed by atoms with Crippen molar-refractivity contribution < 1.29 is 9.53 Å². The van der Waals surface area contributed by atoms with E-state index in [0.29, 0.717) is 28.7 Å². The van der Waals surface area contributed by atoms with Crippen LogP contribution in [0.2, 0.25) is 0 Å². The van der Waals surface area contributed by atoms with Crippen molar-refractivity contribution in [1.29, 1.82) is 0 Å². The van der Waals surface area contributed by atoms with E-state index in [-0.39, 0.29) is 17.9 Å². The molecule has 0 bridgehead atoms. The number of aromatic nitrogens is 2. The molecule has 7 nitrogen and oxygen atoms in total. The molecule has 1 fully saturated rings. The predicted molar refractivity (Wildman–Crippen MR) is 116 cm³/mol. The van der Waals surface area contributed by atoms with E-state index < -0.39 is 0 Å². The molecule has 0 aromatic carbocycles. The van der Waals surface area contributed by atoms with Gasteiger partial charge in [-0.1, -0.05) is 37.3 Å². The zero-order valence-corrected chi connectivity index (χ0v) is 17.3. The van der Waals surface area contributed by atoms with Gasteiger partial charge in [-0.25, -0.2) is 9.97 Å². The van der Waals surface area contributed by atoms with Crippen molar-refractivity contribution >= 4 is 23.5 Å². The van der Waals surface area contributed by atoms with Crippen LogP contribution < -0.4 is 15.4 Å². The zero-order valence-electron chi connectivity index (χ0n) is 17.3. The minimum atomic E-state index is -0.148. The lowest BCUT2D eigenvalue weighted by atomic mass is 10.1. The van der Waals surface area contributed by atoms with E-state index >= 15 is 0 Å². The smallest absolute Gasteiger partial charge is 0.254 e. The second-order valence-corrected chi connectivity index (χ2v) is 7.13. The van der Waals surface area contributed by atoms with Gasteiger partial charge in [0, 0.05) is 30.6 Å². The van der Waals surface area contributed by atoms with E-state index in [4.69, 9.17) is 4.74 Å². The van der Waals surface area contributed by atoms with Crippen LogP contribution in [0.15, 0.2) is 52.8 Å². The van der Waals surface area contributed by atoms with Gasteiger partial charge >= 0.3 is 0 Å². The molecule has 0 saturated heterocycles. The molecular weight excluding hydrogens is 366 g/mol. The first-order valence-electron chi connectivity index (χ1n) is 9.70. The summed E-state index contributed by atoms with van der Waals surface area (Å²) < 4.78 is 5.42. The minimum absolute atomic E-state index is 0.148. The third-order valence-electron chi connectivity index (χ3n) is 4.60. The summed E-state index contributed by atoms with van der Waals surface area (Å²) in [7, 11) is 3.20. The average molecular weight is 393 g/mol. The fraction of sp³-hybridized carbons (Fsp3) is 0.364. The Morgan fingerprint density at radius 3 is 2.83 bits per heavy atom. The van der Waals surface area contributed by atoms with Gasteiger partial charge in [-0.2, -0.15) is 0 Å². The molecule has 0 spiro atoms. The zero-order chi connectivity index (χ0) is 20.8. The Labute approximate surface area is 171 Å².